The summed E-state index contributed by atoms with van der Waals surface area (Å²) in [5.74, 6) is -1.10. The van der Waals surface area contributed by atoms with E-state index in [2.05, 4.69) is 15.6 Å². The van der Waals surface area contributed by atoms with Crippen LogP contribution in [-0.4, -0.2) is 61.3 Å². The maximum atomic E-state index is 12.5. The van der Waals surface area contributed by atoms with Crippen molar-refractivity contribution in [2.45, 2.75) is 12.8 Å². The van der Waals surface area contributed by atoms with Crippen LogP contribution in [0.4, 0.5) is 11.4 Å². The third-order valence-electron chi connectivity index (χ3n) is 5.23. The lowest BCUT2D eigenvalue weighted by Crippen LogP contribution is -2.43. The van der Waals surface area contributed by atoms with Gasteiger partial charge in [-0.15, -0.1) is 0 Å². The molecule has 0 unspecified atom stereocenters. The maximum absolute atomic E-state index is 12.5. The molecule has 0 spiro atoms. The second kappa shape index (κ2) is 9.87. The van der Waals surface area contributed by atoms with Crippen LogP contribution < -0.4 is 15.5 Å². The van der Waals surface area contributed by atoms with E-state index in [-0.39, 0.29) is 11.8 Å². The first-order chi connectivity index (χ1) is 14.4. The first-order valence-electron chi connectivity index (χ1n) is 10.00. The van der Waals surface area contributed by atoms with E-state index in [1.165, 1.54) is 0 Å². The molecule has 3 amide bonds. The molecule has 1 aliphatic rings. The van der Waals surface area contributed by atoms with E-state index in [1.807, 2.05) is 36.0 Å². The fourth-order valence-electron chi connectivity index (χ4n) is 3.37. The van der Waals surface area contributed by atoms with Crippen LogP contribution >= 0.6 is 0 Å². The summed E-state index contributed by atoms with van der Waals surface area (Å²) in [5.41, 5.74) is 2.21. The van der Waals surface area contributed by atoms with E-state index < -0.39 is 11.8 Å². The molecule has 0 bridgehead atoms. The van der Waals surface area contributed by atoms with Gasteiger partial charge in [-0.25, -0.2) is 0 Å². The van der Waals surface area contributed by atoms with Crippen LogP contribution in [-0.2, 0) is 9.59 Å². The van der Waals surface area contributed by atoms with Crippen molar-refractivity contribution in [3.8, 4) is 0 Å². The monoisotopic (exact) mass is 409 g/mol. The van der Waals surface area contributed by atoms with Gasteiger partial charge in [0.1, 0.15) is 0 Å². The van der Waals surface area contributed by atoms with Crippen molar-refractivity contribution in [1.82, 2.24) is 15.2 Å². The van der Waals surface area contributed by atoms with Gasteiger partial charge in [0, 0.05) is 63.1 Å². The van der Waals surface area contributed by atoms with Crippen molar-refractivity contribution in [3.63, 3.8) is 0 Å². The van der Waals surface area contributed by atoms with Crippen molar-refractivity contribution in [1.29, 1.82) is 0 Å². The second-order valence-corrected chi connectivity index (χ2v) is 7.58. The number of hydrogen-bond donors (Lipinski definition) is 2. The molecular formula is C22H27N5O3. The average molecular weight is 409 g/mol. The summed E-state index contributed by atoms with van der Waals surface area (Å²) >= 11 is 0. The van der Waals surface area contributed by atoms with E-state index in [0.29, 0.717) is 30.9 Å². The zero-order valence-corrected chi connectivity index (χ0v) is 17.3. The van der Waals surface area contributed by atoms with Crippen molar-refractivity contribution < 1.29 is 14.4 Å². The molecular weight excluding hydrogens is 382 g/mol. The minimum absolute atomic E-state index is 0.000418. The minimum atomic E-state index is -0.682. The summed E-state index contributed by atoms with van der Waals surface area (Å²) < 4.78 is 0. The molecule has 8 heteroatoms. The van der Waals surface area contributed by atoms with E-state index in [1.54, 1.807) is 36.7 Å². The summed E-state index contributed by atoms with van der Waals surface area (Å²) in [4.78, 5) is 44.4. The largest absolute Gasteiger partial charge is 0.378 e. The van der Waals surface area contributed by atoms with Gasteiger partial charge in [-0.1, -0.05) is 0 Å². The molecule has 1 saturated heterocycles. The first-order valence-corrected chi connectivity index (χ1v) is 10.00. The Labute approximate surface area is 176 Å². The van der Waals surface area contributed by atoms with Crippen LogP contribution in [0.5, 0.6) is 0 Å². The Hall–Kier alpha value is -3.42. The lowest BCUT2D eigenvalue weighted by molar-refractivity contribution is -0.136. The first kappa shape index (κ1) is 21.3. The molecule has 0 atom stereocenters. The summed E-state index contributed by atoms with van der Waals surface area (Å²) in [6.07, 6.45) is 4.78. The zero-order chi connectivity index (χ0) is 21.5. The number of nitrogens with one attached hydrogen (secondary N) is 2. The Kier molecular flexibility index (Phi) is 7.00. The molecule has 2 N–H and O–H groups in total. The number of hydrogen-bond acceptors (Lipinski definition) is 5. The number of carbonyl (C=O) groups is 3. The van der Waals surface area contributed by atoms with Gasteiger partial charge in [-0.05, 0) is 55.2 Å². The van der Waals surface area contributed by atoms with Gasteiger partial charge in [0.25, 0.3) is 5.91 Å². The van der Waals surface area contributed by atoms with Crippen molar-refractivity contribution >= 4 is 29.1 Å². The molecule has 158 valence electrons. The Morgan fingerprint density at radius 3 is 2.23 bits per heavy atom. The number of nitrogens with zero attached hydrogens (tertiary/aromatic N) is 3. The quantitative estimate of drug-likeness (QED) is 0.734. The molecule has 30 heavy (non-hydrogen) atoms. The number of pyridine rings is 1. The van der Waals surface area contributed by atoms with Crippen LogP contribution in [0.3, 0.4) is 0 Å². The lowest BCUT2D eigenvalue weighted by atomic mass is 9.96. The number of amides is 3. The number of aromatic nitrogens is 1. The second-order valence-electron chi connectivity index (χ2n) is 7.58. The summed E-state index contributed by atoms with van der Waals surface area (Å²) in [6, 6.07) is 10.7. The molecule has 0 radical (unpaired) electrons. The number of anilines is 2. The smallest absolute Gasteiger partial charge is 0.313 e. The highest BCUT2D eigenvalue weighted by Crippen LogP contribution is 2.19. The maximum Gasteiger partial charge on any atom is 0.313 e. The Balaban J connectivity index is 1.41. The molecule has 8 nitrogen and oxygen atoms in total. The Morgan fingerprint density at radius 2 is 1.63 bits per heavy atom. The van der Waals surface area contributed by atoms with E-state index in [9.17, 15) is 14.4 Å². The van der Waals surface area contributed by atoms with Crippen LogP contribution in [0.25, 0.3) is 0 Å². The van der Waals surface area contributed by atoms with Crippen molar-refractivity contribution in [2.24, 2.45) is 5.92 Å². The summed E-state index contributed by atoms with van der Waals surface area (Å²) in [5, 5.41) is 5.32. The molecule has 1 fully saturated rings. The lowest BCUT2D eigenvalue weighted by Gasteiger charge is -2.32. The zero-order valence-electron chi connectivity index (χ0n) is 17.3. The molecule has 1 aliphatic heterocycles. The Bertz CT molecular complexity index is 875. The van der Waals surface area contributed by atoms with Crippen LogP contribution in [0.1, 0.15) is 23.2 Å². The predicted octanol–water partition coefficient (Wildman–Crippen LogP) is 1.75. The molecule has 2 heterocycles. The van der Waals surface area contributed by atoms with Gasteiger partial charge in [-0.2, -0.15) is 0 Å². The topological polar surface area (TPSA) is 94.6 Å². The number of rotatable bonds is 5. The Morgan fingerprint density at radius 1 is 1.00 bits per heavy atom. The van der Waals surface area contributed by atoms with Gasteiger partial charge in [0.05, 0.1) is 0 Å². The fraction of sp³-hybridized carbons (Fsp3) is 0.364. The number of likely N-dealkylation sites (tertiary alicyclic amines) is 1. The van der Waals surface area contributed by atoms with Gasteiger partial charge < -0.3 is 20.4 Å². The minimum Gasteiger partial charge on any atom is -0.378 e. The third-order valence-corrected chi connectivity index (χ3v) is 5.23. The molecule has 3 rings (SSSR count). The fourth-order valence-corrected chi connectivity index (χ4v) is 3.37. The highest BCUT2D eigenvalue weighted by molar-refractivity contribution is 6.39. The predicted molar refractivity (Wildman–Crippen MR) is 115 cm³/mol. The molecule has 0 aliphatic carbocycles. The van der Waals surface area contributed by atoms with Crippen LogP contribution in [0.15, 0.2) is 48.8 Å². The van der Waals surface area contributed by atoms with Crippen molar-refractivity contribution in [3.05, 3.63) is 54.4 Å². The highest BCUT2D eigenvalue weighted by atomic mass is 16.2. The van der Waals surface area contributed by atoms with Crippen LogP contribution in [0.2, 0.25) is 0 Å². The van der Waals surface area contributed by atoms with Gasteiger partial charge in [-0.3, -0.25) is 19.4 Å². The molecule has 1 aromatic carbocycles. The summed E-state index contributed by atoms with van der Waals surface area (Å²) in [6.45, 7) is 1.68. The standard InChI is InChI=1S/C22H27N5O3/c1-26(2)19-5-3-18(4-6-19)25-21(29)20(28)24-15-16-9-13-27(14-10-16)22(30)17-7-11-23-12-8-17/h3-8,11-12,16H,9-10,13-15H2,1-2H3,(H,24,28)(H,25,29). The normalized spacial score (nSPS) is 14.1. The SMILES string of the molecule is CN(C)c1ccc(NC(=O)C(=O)NCC2CCN(C(=O)c3ccncc3)CC2)cc1. The van der Waals surface area contributed by atoms with Gasteiger partial charge in [0.2, 0.25) is 0 Å². The number of carbonyl (C=O) groups excluding carboxylic acids is 3. The number of piperidine rings is 1. The summed E-state index contributed by atoms with van der Waals surface area (Å²) in [7, 11) is 3.86. The molecule has 1 aromatic heterocycles. The third kappa shape index (κ3) is 5.56. The van der Waals surface area contributed by atoms with Gasteiger partial charge >= 0.3 is 11.8 Å². The average Bonchev–Trinajstić information content (AvgIpc) is 2.78. The number of benzene rings is 1. The van der Waals surface area contributed by atoms with E-state index in [0.717, 1.165) is 18.5 Å². The van der Waals surface area contributed by atoms with Crippen LogP contribution in [0, 0.1) is 5.92 Å². The van der Waals surface area contributed by atoms with E-state index >= 15 is 0 Å². The molecule has 0 saturated carbocycles. The highest BCUT2D eigenvalue weighted by Gasteiger charge is 2.24. The van der Waals surface area contributed by atoms with Gasteiger partial charge in [0.15, 0.2) is 0 Å². The van der Waals surface area contributed by atoms with Crippen molar-refractivity contribution in [2.75, 3.05) is 43.9 Å². The molecule has 2 aromatic rings. The van der Waals surface area contributed by atoms with E-state index in [4.69, 9.17) is 0 Å².